The summed E-state index contributed by atoms with van der Waals surface area (Å²) in [6.07, 6.45) is 1.53. The van der Waals surface area contributed by atoms with Crippen LogP contribution in [-0.2, 0) is 13.0 Å². The fourth-order valence-corrected chi connectivity index (χ4v) is 4.12. The Balaban J connectivity index is 1.47. The second-order valence-corrected chi connectivity index (χ2v) is 8.41. The number of carbonyl (C=O) groups is 1. The summed E-state index contributed by atoms with van der Waals surface area (Å²) in [6, 6.07) is 21.2. The lowest BCUT2D eigenvalue weighted by molar-refractivity contribution is 0.0953. The second-order valence-electron chi connectivity index (χ2n) is 7.57. The minimum atomic E-state index is -0.0508. The summed E-state index contributed by atoms with van der Waals surface area (Å²) in [6.45, 7) is 3.17. The van der Waals surface area contributed by atoms with Crippen molar-refractivity contribution in [3.05, 3.63) is 99.3 Å². The van der Waals surface area contributed by atoms with Crippen LogP contribution in [0.5, 0.6) is 0 Å². The number of amides is 1. The van der Waals surface area contributed by atoms with E-state index in [0.717, 1.165) is 40.8 Å². The molecule has 4 nitrogen and oxygen atoms in total. The van der Waals surface area contributed by atoms with E-state index in [1.54, 1.807) is 6.07 Å². The Bertz CT molecular complexity index is 1230. The molecule has 0 saturated heterocycles. The van der Waals surface area contributed by atoms with E-state index in [0.29, 0.717) is 28.7 Å². The number of imidazole rings is 1. The zero-order valence-corrected chi connectivity index (χ0v) is 18.7. The van der Waals surface area contributed by atoms with Gasteiger partial charge in [0.2, 0.25) is 0 Å². The van der Waals surface area contributed by atoms with Crippen LogP contribution >= 0.6 is 23.2 Å². The van der Waals surface area contributed by atoms with E-state index in [1.165, 1.54) is 0 Å². The maximum Gasteiger partial charge on any atom is 0.251 e. The first-order chi connectivity index (χ1) is 15.0. The van der Waals surface area contributed by atoms with Gasteiger partial charge in [0.1, 0.15) is 5.82 Å². The van der Waals surface area contributed by atoms with Crippen LogP contribution in [-0.4, -0.2) is 22.0 Å². The molecule has 3 aromatic carbocycles. The van der Waals surface area contributed by atoms with E-state index >= 15 is 0 Å². The van der Waals surface area contributed by atoms with Crippen LogP contribution in [0.15, 0.2) is 66.7 Å². The third-order valence-electron chi connectivity index (χ3n) is 5.22. The number of benzene rings is 3. The largest absolute Gasteiger partial charge is 0.352 e. The Hall–Kier alpha value is -2.82. The number of aromatic nitrogens is 2. The minimum Gasteiger partial charge on any atom is -0.352 e. The summed E-state index contributed by atoms with van der Waals surface area (Å²) in [4.78, 5) is 17.2. The number of halogens is 2. The lowest BCUT2D eigenvalue weighted by Gasteiger charge is -2.11. The van der Waals surface area contributed by atoms with E-state index in [2.05, 4.69) is 16.0 Å². The number of hydrogen-bond donors (Lipinski definition) is 1. The maximum absolute atomic E-state index is 12.4. The zero-order chi connectivity index (χ0) is 21.8. The van der Waals surface area contributed by atoms with Crippen molar-refractivity contribution < 1.29 is 4.79 Å². The normalized spacial score (nSPS) is 11.1. The smallest absolute Gasteiger partial charge is 0.251 e. The van der Waals surface area contributed by atoms with Crippen molar-refractivity contribution in [2.24, 2.45) is 0 Å². The molecule has 1 heterocycles. The van der Waals surface area contributed by atoms with Crippen molar-refractivity contribution in [3.63, 3.8) is 0 Å². The number of fused-ring (bicyclic) bond motifs is 1. The van der Waals surface area contributed by atoms with Gasteiger partial charge in [-0.05, 0) is 55.3 Å². The van der Waals surface area contributed by atoms with Crippen LogP contribution < -0.4 is 5.32 Å². The molecule has 0 saturated carbocycles. The average molecular weight is 452 g/mol. The summed E-state index contributed by atoms with van der Waals surface area (Å²) >= 11 is 12.5. The summed E-state index contributed by atoms with van der Waals surface area (Å²) in [7, 11) is 0. The highest BCUT2D eigenvalue weighted by molar-refractivity contribution is 6.35. The van der Waals surface area contributed by atoms with Gasteiger partial charge in [0.05, 0.1) is 17.6 Å². The van der Waals surface area contributed by atoms with Gasteiger partial charge in [-0.1, -0.05) is 59.1 Å². The van der Waals surface area contributed by atoms with Gasteiger partial charge in [0.25, 0.3) is 5.91 Å². The van der Waals surface area contributed by atoms with Gasteiger partial charge in [-0.3, -0.25) is 4.79 Å². The van der Waals surface area contributed by atoms with Crippen LogP contribution in [0.1, 0.15) is 33.7 Å². The van der Waals surface area contributed by atoms with Gasteiger partial charge in [-0.2, -0.15) is 0 Å². The predicted octanol–water partition coefficient (Wildman–Crippen LogP) is 6.06. The molecular weight excluding hydrogens is 429 g/mol. The molecular formula is C25H23Cl2N3O. The molecule has 0 atom stereocenters. The maximum atomic E-state index is 12.4. The molecule has 1 amide bonds. The molecule has 1 aromatic heterocycles. The van der Waals surface area contributed by atoms with Gasteiger partial charge < -0.3 is 9.88 Å². The molecule has 6 heteroatoms. The molecule has 4 rings (SSSR count). The number of nitrogens with zero attached hydrogens (tertiary/aromatic N) is 2. The lowest BCUT2D eigenvalue weighted by Crippen LogP contribution is -2.25. The third-order valence-corrected chi connectivity index (χ3v) is 5.81. The van der Waals surface area contributed by atoms with Crippen molar-refractivity contribution in [3.8, 4) is 0 Å². The Morgan fingerprint density at radius 1 is 1.03 bits per heavy atom. The Kier molecular flexibility index (Phi) is 6.59. The van der Waals surface area contributed by atoms with E-state index in [-0.39, 0.29) is 5.91 Å². The highest BCUT2D eigenvalue weighted by atomic mass is 35.5. The minimum absolute atomic E-state index is 0.0508. The van der Waals surface area contributed by atoms with Crippen LogP contribution in [0.3, 0.4) is 0 Å². The fraction of sp³-hybridized carbons (Fsp3) is 0.200. The average Bonchev–Trinajstić information content (AvgIpc) is 3.10. The van der Waals surface area contributed by atoms with E-state index in [9.17, 15) is 4.79 Å². The quantitative estimate of drug-likeness (QED) is 0.347. The molecule has 0 spiro atoms. The van der Waals surface area contributed by atoms with Gasteiger partial charge in [0, 0.05) is 28.6 Å². The number of carbonyl (C=O) groups excluding carboxylic acids is 1. The Labute approximate surface area is 191 Å². The molecule has 158 valence electrons. The van der Waals surface area contributed by atoms with Crippen LogP contribution in [0.2, 0.25) is 10.0 Å². The molecule has 0 radical (unpaired) electrons. The highest BCUT2D eigenvalue weighted by Crippen LogP contribution is 2.25. The molecule has 1 N–H and O–H groups in total. The summed E-state index contributed by atoms with van der Waals surface area (Å²) in [5.41, 5.74) is 4.76. The number of hydrogen-bond acceptors (Lipinski definition) is 2. The number of aryl methyl sites for hydroxylation is 2. The Morgan fingerprint density at radius 3 is 2.68 bits per heavy atom. The fourth-order valence-electron chi connectivity index (χ4n) is 3.65. The van der Waals surface area contributed by atoms with Crippen molar-refractivity contribution in [2.45, 2.75) is 26.3 Å². The van der Waals surface area contributed by atoms with E-state index in [1.807, 2.05) is 61.5 Å². The zero-order valence-electron chi connectivity index (χ0n) is 17.2. The van der Waals surface area contributed by atoms with Crippen LogP contribution in [0.25, 0.3) is 11.0 Å². The monoisotopic (exact) mass is 451 g/mol. The SMILES string of the molecule is Cc1cccc(C(=O)NCCCc2nc3ccccc3n2Cc2ccc(Cl)cc2Cl)c1. The first-order valence-electron chi connectivity index (χ1n) is 10.2. The van der Waals surface area contributed by atoms with Crippen molar-refractivity contribution >= 4 is 40.1 Å². The third kappa shape index (κ3) is 5.09. The summed E-state index contributed by atoms with van der Waals surface area (Å²) in [5, 5.41) is 4.26. The van der Waals surface area contributed by atoms with E-state index in [4.69, 9.17) is 28.2 Å². The van der Waals surface area contributed by atoms with Crippen LogP contribution in [0.4, 0.5) is 0 Å². The van der Waals surface area contributed by atoms with Crippen molar-refractivity contribution in [1.29, 1.82) is 0 Å². The molecule has 4 aromatic rings. The molecule has 0 unspecified atom stereocenters. The van der Waals surface area contributed by atoms with Gasteiger partial charge >= 0.3 is 0 Å². The molecule has 0 aliphatic rings. The highest BCUT2D eigenvalue weighted by Gasteiger charge is 2.13. The first kappa shape index (κ1) is 21.4. The number of rotatable bonds is 7. The lowest BCUT2D eigenvalue weighted by atomic mass is 10.1. The molecule has 0 aliphatic heterocycles. The summed E-state index contributed by atoms with van der Waals surface area (Å²) in [5.74, 6) is 0.919. The van der Waals surface area contributed by atoms with Gasteiger partial charge in [0.15, 0.2) is 0 Å². The first-order valence-corrected chi connectivity index (χ1v) is 11.0. The molecule has 31 heavy (non-hydrogen) atoms. The predicted molar refractivity (Wildman–Crippen MR) is 127 cm³/mol. The van der Waals surface area contributed by atoms with Gasteiger partial charge in [-0.25, -0.2) is 4.98 Å². The molecule has 0 bridgehead atoms. The second kappa shape index (κ2) is 9.54. The van der Waals surface area contributed by atoms with Gasteiger partial charge in [-0.15, -0.1) is 0 Å². The van der Waals surface area contributed by atoms with Crippen molar-refractivity contribution in [2.75, 3.05) is 6.54 Å². The summed E-state index contributed by atoms with van der Waals surface area (Å²) < 4.78 is 2.19. The molecule has 0 aliphatic carbocycles. The van der Waals surface area contributed by atoms with Crippen LogP contribution in [0, 0.1) is 6.92 Å². The number of para-hydroxylation sites is 2. The van der Waals surface area contributed by atoms with E-state index < -0.39 is 0 Å². The topological polar surface area (TPSA) is 46.9 Å². The standard InChI is InChI=1S/C25H23Cl2N3O/c1-17-6-4-7-18(14-17)25(31)28-13-5-10-24-29-22-8-2-3-9-23(22)30(24)16-19-11-12-20(26)15-21(19)27/h2-4,6-9,11-12,14-15H,5,10,13,16H2,1H3,(H,28,31). The Morgan fingerprint density at radius 2 is 1.87 bits per heavy atom. The number of nitrogens with one attached hydrogen (secondary N) is 1. The molecule has 0 fully saturated rings. The van der Waals surface area contributed by atoms with Crippen molar-refractivity contribution in [1.82, 2.24) is 14.9 Å².